The standard InChI is InChI=1S/C11H11F3N2O3S/c12-11(13,14)6-19-8-3-1-7(2-4-8)16-9(17)5-20-10(15)18/h1-4H,5-6H2,(H2,15,18)(H,16,17). The van der Waals surface area contributed by atoms with Gasteiger partial charge in [0.2, 0.25) is 5.91 Å². The quantitative estimate of drug-likeness (QED) is 0.875. The van der Waals surface area contributed by atoms with Gasteiger partial charge >= 0.3 is 6.18 Å². The molecule has 110 valence electrons. The van der Waals surface area contributed by atoms with Crippen molar-refractivity contribution >= 4 is 28.6 Å². The van der Waals surface area contributed by atoms with Gasteiger partial charge in [0.15, 0.2) is 6.61 Å². The molecular weight excluding hydrogens is 297 g/mol. The van der Waals surface area contributed by atoms with E-state index in [9.17, 15) is 22.8 Å². The maximum atomic E-state index is 11.9. The van der Waals surface area contributed by atoms with Crippen LogP contribution in [0.15, 0.2) is 24.3 Å². The highest BCUT2D eigenvalue weighted by Gasteiger charge is 2.28. The van der Waals surface area contributed by atoms with Crippen LogP contribution < -0.4 is 15.8 Å². The number of hydrogen-bond donors (Lipinski definition) is 2. The zero-order chi connectivity index (χ0) is 15.2. The van der Waals surface area contributed by atoms with Crippen LogP contribution in [0.1, 0.15) is 0 Å². The summed E-state index contributed by atoms with van der Waals surface area (Å²) in [4.78, 5) is 21.8. The average Bonchev–Trinajstić information content (AvgIpc) is 2.34. The van der Waals surface area contributed by atoms with Crippen molar-refractivity contribution in [1.29, 1.82) is 0 Å². The number of nitrogens with two attached hydrogens (primary N) is 1. The maximum absolute atomic E-state index is 11.9. The number of thioether (sulfide) groups is 1. The normalized spacial score (nSPS) is 10.9. The highest BCUT2D eigenvalue weighted by Crippen LogP contribution is 2.20. The Morgan fingerprint density at radius 2 is 1.85 bits per heavy atom. The fourth-order valence-corrected chi connectivity index (χ4v) is 1.48. The Hall–Kier alpha value is -1.90. The molecule has 1 aromatic rings. The van der Waals surface area contributed by atoms with E-state index in [1.165, 1.54) is 24.3 Å². The van der Waals surface area contributed by atoms with Gasteiger partial charge in [0, 0.05) is 5.69 Å². The van der Waals surface area contributed by atoms with Crippen molar-refractivity contribution in [3.63, 3.8) is 0 Å². The van der Waals surface area contributed by atoms with E-state index in [-0.39, 0.29) is 11.5 Å². The van der Waals surface area contributed by atoms with Crippen LogP contribution in [0.3, 0.4) is 0 Å². The van der Waals surface area contributed by atoms with E-state index >= 15 is 0 Å². The molecular formula is C11H11F3N2O3S. The van der Waals surface area contributed by atoms with Crippen LogP contribution in [0, 0.1) is 0 Å². The minimum atomic E-state index is -4.40. The first-order valence-corrected chi connectivity index (χ1v) is 6.26. The Bertz CT molecular complexity index is 477. The van der Waals surface area contributed by atoms with Gasteiger partial charge in [-0.1, -0.05) is 11.8 Å². The summed E-state index contributed by atoms with van der Waals surface area (Å²) < 4.78 is 40.3. The fraction of sp³-hybridized carbons (Fsp3) is 0.273. The molecule has 0 aliphatic rings. The number of rotatable bonds is 5. The topological polar surface area (TPSA) is 81.4 Å². The van der Waals surface area contributed by atoms with Crippen LogP contribution in [0.25, 0.3) is 0 Å². The van der Waals surface area contributed by atoms with E-state index in [1.807, 2.05) is 0 Å². The number of hydrogen-bond acceptors (Lipinski definition) is 4. The molecule has 0 unspecified atom stereocenters. The zero-order valence-corrected chi connectivity index (χ0v) is 10.9. The van der Waals surface area contributed by atoms with Crippen LogP contribution in [0.4, 0.5) is 23.7 Å². The van der Waals surface area contributed by atoms with Crippen molar-refractivity contribution in [1.82, 2.24) is 0 Å². The Labute approximate surface area is 116 Å². The van der Waals surface area contributed by atoms with Crippen LogP contribution in [0.2, 0.25) is 0 Å². The molecule has 0 aromatic heterocycles. The van der Waals surface area contributed by atoms with Crippen LogP contribution in [-0.2, 0) is 4.79 Å². The molecule has 0 aliphatic carbocycles. The number of nitrogens with one attached hydrogen (secondary N) is 1. The zero-order valence-electron chi connectivity index (χ0n) is 10.1. The lowest BCUT2D eigenvalue weighted by Crippen LogP contribution is -2.19. The third-order valence-electron chi connectivity index (χ3n) is 1.89. The minimum Gasteiger partial charge on any atom is -0.484 e. The number of anilines is 1. The van der Waals surface area contributed by atoms with E-state index < -0.39 is 23.9 Å². The van der Waals surface area contributed by atoms with E-state index in [0.717, 1.165) is 0 Å². The second-order valence-electron chi connectivity index (χ2n) is 3.58. The minimum absolute atomic E-state index is 0.0341. The van der Waals surface area contributed by atoms with Gasteiger partial charge in [-0.2, -0.15) is 13.2 Å². The number of ether oxygens (including phenoxy) is 1. The van der Waals surface area contributed by atoms with Crippen LogP contribution in [0.5, 0.6) is 5.75 Å². The molecule has 2 amide bonds. The lowest BCUT2D eigenvalue weighted by atomic mass is 10.3. The number of carbonyl (C=O) groups is 2. The molecule has 5 nitrogen and oxygen atoms in total. The molecule has 20 heavy (non-hydrogen) atoms. The van der Waals surface area contributed by atoms with Gasteiger partial charge in [-0.25, -0.2) is 0 Å². The molecule has 0 bridgehead atoms. The molecule has 1 aromatic carbocycles. The lowest BCUT2D eigenvalue weighted by molar-refractivity contribution is -0.153. The summed E-state index contributed by atoms with van der Waals surface area (Å²) in [6, 6.07) is 5.36. The van der Waals surface area contributed by atoms with Gasteiger partial charge in [0.05, 0.1) is 5.75 Å². The number of carbonyl (C=O) groups excluding carboxylic acids is 2. The van der Waals surface area contributed by atoms with Gasteiger partial charge in [-0.3, -0.25) is 9.59 Å². The molecule has 9 heteroatoms. The number of primary amides is 1. The largest absolute Gasteiger partial charge is 0.484 e. The van der Waals surface area contributed by atoms with E-state index in [2.05, 4.69) is 10.1 Å². The van der Waals surface area contributed by atoms with Crippen LogP contribution >= 0.6 is 11.8 Å². The Morgan fingerprint density at radius 3 is 2.35 bits per heavy atom. The maximum Gasteiger partial charge on any atom is 0.422 e. The average molecular weight is 308 g/mol. The van der Waals surface area contributed by atoms with Gasteiger partial charge in [0.25, 0.3) is 5.24 Å². The first-order valence-electron chi connectivity index (χ1n) is 5.28. The smallest absolute Gasteiger partial charge is 0.422 e. The summed E-state index contributed by atoms with van der Waals surface area (Å²) in [7, 11) is 0. The Kier molecular flexibility index (Phi) is 5.68. The predicted molar refractivity (Wildman–Crippen MR) is 68.7 cm³/mol. The first kappa shape index (κ1) is 16.2. The second kappa shape index (κ2) is 7.04. The molecule has 0 atom stereocenters. The van der Waals surface area contributed by atoms with Gasteiger partial charge < -0.3 is 15.8 Å². The molecule has 0 fully saturated rings. The molecule has 0 heterocycles. The number of benzene rings is 1. The van der Waals surface area contributed by atoms with E-state index in [1.54, 1.807) is 0 Å². The summed E-state index contributed by atoms with van der Waals surface area (Å²) in [5, 5.41) is 1.78. The monoisotopic (exact) mass is 308 g/mol. The fourth-order valence-electron chi connectivity index (χ4n) is 1.13. The molecule has 0 radical (unpaired) electrons. The summed E-state index contributed by atoms with van der Waals surface area (Å²) in [6.45, 7) is -1.38. The molecule has 0 aliphatic heterocycles. The van der Waals surface area contributed by atoms with E-state index in [0.29, 0.717) is 17.4 Å². The number of alkyl halides is 3. The molecule has 0 saturated heterocycles. The molecule has 0 spiro atoms. The predicted octanol–water partition coefficient (Wildman–Crippen LogP) is 2.38. The molecule has 0 saturated carbocycles. The van der Waals surface area contributed by atoms with Gasteiger partial charge in [-0.15, -0.1) is 0 Å². The number of halogens is 3. The second-order valence-corrected chi connectivity index (χ2v) is 4.56. The van der Waals surface area contributed by atoms with Crippen molar-refractivity contribution < 1.29 is 27.5 Å². The lowest BCUT2D eigenvalue weighted by Gasteiger charge is -2.10. The summed E-state index contributed by atoms with van der Waals surface area (Å²) in [6.07, 6.45) is -4.40. The summed E-state index contributed by atoms with van der Waals surface area (Å²) in [5.41, 5.74) is 5.23. The van der Waals surface area contributed by atoms with Crippen molar-refractivity contribution in [2.24, 2.45) is 5.73 Å². The van der Waals surface area contributed by atoms with Crippen LogP contribution in [-0.4, -0.2) is 29.7 Å². The van der Waals surface area contributed by atoms with Crippen molar-refractivity contribution in [2.75, 3.05) is 17.7 Å². The SMILES string of the molecule is NC(=O)SCC(=O)Nc1ccc(OCC(F)(F)F)cc1. The summed E-state index contributed by atoms with van der Waals surface area (Å²) >= 11 is 0.650. The third kappa shape index (κ3) is 6.88. The van der Waals surface area contributed by atoms with E-state index in [4.69, 9.17) is 5.73 Å². The van der Waals surface area contributed by atoms with Gasteiger partial charge in [-0.05, 0) is 24.3 Å². The Morgan fingerprint density at radius 1 is 1.25 bits per heavy atom. The first-order chi connectivity index (χ1) is 9.26. The molecule has 1 rings (SSSR count). The van der Waals surface area contributed by atoms with Gasteiger partial charge in [0.1, 0.15) is 5.75 Å². The highest BCUT2D eigenvalue weighted by molar-refractivity contribution is 8.14. The number of amides is 2. The van der Waals surface area contributed by atoms with Crippen molar-refractivity contribution in [3.05, 3.63) is 24.3 Å². The molecule has 3 N–H and O–H groups in total. The summed E-state index contributed by atoms with van der Waals surface area (Å²) in [5.74, 6) is -0.550. The van der Waals surface area contributed by atoms with Crippen molar-refractivity contribution in [3.8, 4) is 5.75 Å². The highest BCUT2D eigenvalue weighted by atomic mass is 32.2. The van der Waals surface area contributed by atoms with Crippen molar-refractivity contribution in [2.45, 2.75) is 6.18 Å². The third-order valence-corrected chi connectivity index (χ3v) is 2.58. The Balaban J connectivity index is 2.46.